The monoisotopic (exact) mass is 308 g/mol. The summed E-state index contributed by atoms with van der Waals surface area (Å²) in [5.74, 6) is 0.716. The SMILES string of the molecule is CCOc1c(Br)cc(Br)cc1CO. The predicted molar refractivity (Wildman–Crippen MR) is 58.9 cm³/mol. The molecule has 2 nitrogen and oxygen atoms in total. The summed E-state index contributed by atoms with van der Waals surface area (Å²) in [6.07, 6.45) is 0. The maximum absolute atomic E-state index is 9.07. The van der Waals surface area contributed by atoms with Crippen molar-refractivity contribution < 1.29 is 9.84 Å². The molecule has 1 rings (SSSR count). The molecule has 0 aromatic heterocycles. The molecule has 4 heteroatoms. The minimum Gasteiger partial charge on any atom is -0.492 e. The van der Waals surface area contributed by atoms with E-state index in [0.717, 1.165) is 14.5 Å². The maximum Gasteiger partial charge on any atom is 0.139 e. The fourth-order valence-electron chi connectivity index (χ4n) is 1.04. The number of benzene rings is 1. The number of ether oxygens (including phenoxy) is 1. The van der Waals surface area contributed by atoms with Crippen LogP contribution in [0.2, 0.25) is 0 Å². The summed E-state index contributed by atoms with van der Waals surface area (Å²) in [6.45, 7) is 2.48. The van der Waals surface area contributed by atoms with Crippen LogP contribution in [-0.2, 0) is 6.61 Å². The van der Waals surface area contributed by atoms with Crippen molar-refractivity contribution in [3.8, 4) is 5.75 Å². The molecule has 13 heavy (non-hydrogen) atoms. The van der Waals surface area contributed by atoms with Gasteiger partial charge in [-0.15, -0.1) is 0 Å². The van der Waals surface area contributed by atoms with Crippen LogP contribution >= 0.6 is 31.9 Å². The molecule has 0 amide bonds. The minimum atomic E-state index is -0.0205. The molecule has 0 bridgehead atoms. The average Bonchev–Trinajstić information content (AvgIpc) is 2.09. The number of rotatable bonds is 3. The van der Waals surface area contributed by atoms with Gasteiger partial charge in [0, 0.05) is 10.0 Å². The Morgan fingerprint density at radius 3 is 2.62 bits per heavy atom. The first kappa shape index (κ1) is 11.0. The van der Waals surface area contributed by atoms with E-state index in [1.807, 2.05) is 19.1 Å². The molecular formula is C9H10Br2O2. The van der Waals surface area contributed by atoms with Gasteiger partial charge in [0.25, 0.3) is 0 Å². The topological polar surface area (TPSA) is 29.5 Å². The van der Waals surface area contributed by atoms with Gasteiger partial charge >= 0.3 is 0 Å². The normalized spacial score (nSPS) is 10.2. The van der Waals surface area contributed by atoms with Crippen LogP contribution in [0.3, 0.4) is 0 Å². The van der Waals surface area contributed by atoms with E-state index in [4.69, 9.17) is 9.84 Å². The lowest BCUT2D eigenvalue weighted by atomic mass is 10.2. The second kappa shape index (κ2) is 4.98. The van der Waals surface area contributed by atoms with E-state index in [9.17, 15) is 0 Å². The number of halogens is 2. The molecule has 0 unspecified atom stereocenters. The van der Waals surface area contributed by atoms with Crippen molar-refractivity contribution in [1.29, 1.82) is 0 Å². The molecule has 0 atom stereocenters. The number of aliphatic hydroxyl groups is 1. The lowest BCUT2D eigenvalue weighted by Crippen LogP contribution is -1.97. The Morgan fingerprint density at radius 1 is 1.38 bits per heavy atom. The molecule has 0 saturated heterocycles. The molecule has 0 spiro atoms. The smallest absolute Gasteiger partial charge is 0.139 e. The third-order valence-corrected chi connectivity index (χ3v) is 2.59. The van der Waals surface area contributed by atoms with Crippen molar-refractivity contribution in [2.24, 2.45) is 0 Å². The minimum absolute atomic E-state index is 0.0205. The third kappa shape index (κ3) is 2.69. The van der Waals surface area contributed by atoms with E-state index in [-0.39, 0.29) is 6.61 Å². The van der Waals surface area contributed by atoms with Crippen molar-refractivity contribution >= 4 is 31.9 Å². The van der Waals surface area contributed by atoms with Gasteiger partial charge in [0.1, 0.15) is 5.75 Å². The summed E-state index contributed by atoms with van der Waals surface area (Å²) in [6, 6.07) is 3.74. The van der Waals surface area contributed by atoms with E-state index in [1.54, 1.807) is 0 Å². The largest absolute Gasteiger partial charge is 0.492 e. The molecule has 1 N–H and O–H groups in total. The molecule has 0 aliphatic carbocycles. The summed E-state index contributed by atoms with van der Waals surface area (Å²) in [7, 11) is 0. The fourth-order valence-corrected chi connectivity index (χ4v) is 2.47. The first-order chi connectivity index (χ1) is 6.19. The van der Waals surface area contributed by atoms with Crippen molar-refractivity contribution in [2.75, 3.05) is 6.61 Å². The van der Waals surface area contributed by atoms with Crippen LogP contribution in [0.15, 0.2) is 21.1 Å². The zero-order chi connectivity index (χ0) is 9.84. The number of hydrogen-bond acceptors (Lipinski definition) is 2. The van der Waals surface area contributed by atoms with Crippen LogP contribution < -0.4 is 4.74 Å². The summed E-state index contributed by atoms with van der Waals surface area (Å²) >= 11 is 6.72. The Kier molecular flexibility index (Phi) is 4.22. The standard InChI is InChI=1S/C9H10Br2O2/c1-2-13-9-6(5-12)3-7(10)4-8(9)11/h3-4,12H,2,5H2,1H3. The van der Waals surface area contributed by atoms with Gasteiger partial charge in [-0.05, 0) is 35.0 Å². The maximum atomic E-state index is 9.07. The predicted octanol–water partition coefficient (Wildman–Crippen LogP) is 3.10. The van der Waals surface area contributed by atoms with Crippen LogP contribution in [0.1, 0.15) is 12.5 Å². The number of hydrogen-bond donors (Lipinski definition) is 1. The lowest BCUT2D eigenvalue weighted by Gasteiger charge is -2.10. The van der Waals surface area contributed by atoms with Crippen molar-refractivity contribution in [3.63, 3.8) is 0 Å². The van der Waals surface area contributed by atoms with Crippen molar-refractivity contribution in [1.82, 2.24) is 0 Å². The third-order valence-electron chi connectivity index (χ3n) is 1.54. The fraction of sp³-hybridized carbons (Fsp3) is 0.333. The molecule has 0 aliphatic heterocycles. The first-order valence-corrected chi connectivity index (χ1v) is 5.49. The Hall–Kier alpha value is -0.0600. The Balaban J connectivity index is 3.13. The molecule has 0 fully saturated rings. The summed E-state index contributed by atoms with van der Waals surface area (Å²) in [5.41, 5.74) is 0.781. The summed E-state index contributed by atoms with van der Waals surface area (Å²) in [5, 5.41) is 9.07. The van der Waals surface area contributed by atoms with E-state index >= 15 is 0 Å². The highest BCUT2D eigenvalue weighted by Gasteiger charge is 2.08. The molecule has 0 heterocycles. The second-order valence-electron chi connectivity index (χ2n) is 2.47. The van der Waals surface area contributed by atoms with Gasteiger partial charge in [0.2, 0.25) is 0 Å². The zero-order valence-electron chi connectivity index (χ0n) is 7.18. The van der Waals surface area contributed by atoms with Crippen LogP contribution in [0.25, 0.3) is 0 Å². The van der Waals surface area contributed by atoms with Crippen molar-refractivity contribution in [2.45, 2.75) is 13.5 Å². The van der Waals surface area contributed by atoms with E-state index in [1.165, 1.54) is 0 Å². The lowest BCUT2D eigenvalue weighted by molar-refractivity contribution is 0.266. The molecule has 1 aromatic rings. The quantitative estimate of drug-likeness (QED) is 0.929. The van der Waals surface area contributed by atoms with E-state index in [2.05, 4.69) is 31.9 Å². The Bertz CT molecular complexity index is 300. The summed E-state index contributed by atoms with van der Waals surface area (Å²) < 4.78 is 7.16. The Morgan fingerprint density at radius 2 is 2.08 bits per heavy atom. The van der Waals surface area contributed by atoms with Crippen LogP contribution in [0.5, 0.6) is 5.75 Å². The molecule has 0 radical (unpaired) electrons. The van der Waals surface area contributed by atoms with Crippen LogP contribution in [0.4, 0.5) is 0 Å². The first-order valence-electron chi connectivity index (χ1n) is 3.90. The molecule has 0 saturated carbocycles. The molecule has 1 aromatic carbocycles. The zero-order valence-corrected chi connectivity index (χ0v) is 10.4. The van der Waals surface area contributed by atoms with Gasteiger partial charge in [0.15, 0.2) is 0 Å². The van der Waals surface area contributed by atoms with Crippen molar-refractivity contribution in [3.05, 3.63) is 26.6 Å². The average molecular weight is 310 g/mol. The molecule has 72 valence electrons. The van der Waals surface area contributed by atoms with Gasteiger partial charge in [-0.1, -0.05) is 15.9 Å². The second-order valence-corrected chi connectivity index (χ2v) is 4.24. The Labute approximate surface area is 94.2 Å². The van der Waals surface area contributed by atoms with Gasteiger partial charge in [-0.25, -0.2) is 0 Å². The van der Waals surface area contributed by atoms with Crippen LogP contribution in [0, 0.1) is 0 Å². The van der Waals surface area contributed by atoms with Gasteiger partial charge in [-0.2, -0.15) is 0 Å². The van der Waals surface area contributed by atoms with Gasteiger partial charge < -0.3 is 9.84 Å². The van der Waals surface area contributed by atoms with Gasteiger partial charge in [-0.3, -0.25) is 0 Å². The van der Waals surface area contributed by atoms with Crippen LogP contribution in [-0.4, -0.2) is 11.7 Å². The number of aliphatic hydroxyl groups excluding tert-OH is 1. The molecular weight excluding hydrogens is 300 g/mol. The molecule has 0 aliphatic rings. The van der Waals surface area contributed by atoms with E-state index in [0.29, 0.717) is 12.4 Å². The van der Waals surface area contributed by atoms with E-state index < -0.39 is 0 Å². The highest BCUT2D eigenvalue weighted by atomic mass is 79.9. The van der Waals surface area contributed by atoms with Gasteiger partial charge in [0.05, 0.1) is 17.7 Å². The highest BCUT2D eigenvalue weighted by molar-refractivity contribution is 9.11. The summed E-state index contributed by atoms with van der Waals surface area (Å²) in [4.78, 5) is 0. The highest BCUT2D eigenvalue weighted by Crippen LogP contribution is 2.32.